The number of rotatable bonds is 8. The van der Waals surface area contributed by atoms with Crippen LogP contribution in [0.1, 0.15) is 16.7 Å². The van der Waals surface area contributed by atoms with Crippen molar-refractivity contribution in [3.05, 3.63) is 46.7 Å². The van der Waals surface area contributed by atoms with Crippen molar-refractivity contribution < 1.29 is 14.6 Å². The Hall–Kier alpha value is -2.55. The van der Waals surface area contributed by atoms with Crippen molar-refractivity contribution in [2.75, 3.05) is 39.9 Å². The molecule has 2 heterocycles. The summed E-state index contributed by atoms with van der Waals surface area (Å²) in [6, 6.07) is 6.60. The fraction of sp³-hybridized carbons (Fsp3) is 0.500. The summed E-state index contributed by atoms with van der Waals surface area (Å²) in [7, 11) is 1.65. The molecular formula is C22H31N5O3. The average Bonchev–Trinajstić information content (AvgIpc) is 2.70. The van der Waals surface area contributed by atoms with Crippen LogP contribution in [0.15, 0.2) is 40.0 Å². The van der Waals surface area contributed by atoms with Crippen molar-refractivity contribution in [3.63, 3.8) is 0 Å². The van der Waals surface area contributed by atoms with Gasteiger partial charge in [0, 0.05) is 39.3 Å². The quantitative estimate of drug-likeness (QED) is 0.326. The molecule has 1 atom stereocenters. The molecule has 0 saturated carbocycles. The van der Waals surface area contributed by atoms with Gasteiger partial charge in [-0.15, -0.1) is 0 Å². The van der Waals surface area contributed by atoms with E-state index in [1.807, 2.05) is 0 Å². The lowest BCUT2D eigenvalue weighted by molar-refractivity contribution is -0.118. The number of aryl methyl sites for hydroxylation is 1. The molecule has 0 unspecified atom stereocenters. The first-order chi connectivity index (χ1) is 14.5. The fourth-order valence-electron chi connectivity index (χ4n) is 3.56. The molecule has 1 aromatic carbocycles. The van der Waals surface area contributed by atoms with Crippen molar-refractivity contribution in [3.8, 4) is 0 Å². The molecule has 0 bridgehead atoms. The molecule has 1 aromatic rings. The van der Waals surface area contributed by atoms with E-state index in [-0.39, 0.29) is 18.5 Å². The number of nitrogens with zero attached hydrogens (tertiary/aromatic N) is 3. The van der Waals surface area contributed by atoms with Gasteiger partial charge in [-0.3, -0.25) is 14.7 Å². The molecule has 2 aliphatic rings. The maximum absolute atomic E-state index is 12.5. The second-order valence-corrected chi connectivity index (χ2v) is 7.77. The normalized spacial score (nSPS) is 18.9. The Bertz CT molecular complexity index is 832. The van der Waals surface area contributed by atoms with Gasteiger partial charge < -0.3 is 20.5 Å². The van der Waals surface area contributed by atoms with Crippen LogP contribution < -0.4 is 10.6 Å². The molecule has 0 aromatic heterocycles. The summed E-state index contributed by atoms with van der Waals surface area (Å²) < 4.78 is 5.09. The lowest BCUT2D eigenvalue weighted by Gasteiger charge is -2.30. The molecule has 3 rings (SSSR count). The van der Waals surface area contributed by atoms with E-state index in [2.05, 4.69) is 57.4 Å². The number of carbonyl (C=O) groups is 1. The van der Waals surface area contributed by atoms with E-state index < -0.39 is 6.10 Å². The zero-order valence-electron chi connectivity index (χ0n) is 17.7. The summed E-state index contributed by atoms with van der Waals surface area (Å²) in [5.74, 6) is 0.0583. The number of amides is 1. The number of nitrogens with one attached hydrogen (secondary N) is 2. The van der Waals surface area contributed by atoms with Gasteiger partial charge in [0.25, 0.3) is 5.91 Å². The van der Waals surface area contributed by atoms with Crippen LogP contribution in [0.2, 0.25) is 0 Å². The monoisotopic (exact) mass is 413 g/mol. The molecular weight excluding hydrogens is 382 g/mol. The van der Waals surface area contributed by atoms with Gasteiger partial charge in [-0.05, 0) is 31.2 Å². The smallest absolute Gasteiger partial charge is 0.267 e. The number of fused-ring (bicyclic) bond motifs is 1. The van der Waals surface area contributed by atoms with Gasteiger partial charge in [0.05, 0.1) is 25.4 Å². The lowest BCUT2D eigenvalue weighted by atomic mass is 9.97. The second-order valence-electron chi connectivity index (χ2n) is 7.77. The number of carbonyl (C=O) groups excluding carboxylic acids is 1. The van der Waals surface area contributed by atoms with Crippen LogP contribution in [-0.2, 0) is 22.5 Å². The van der Waals surface area contributed by atoms with Crippen molar-refractivity contribution in [2.24, 2.45) is 9.98 Å². The van der Waals surface area contributed by atoms with E-state index in [1.54, 1.807) is 13.1 Å². The SMILES string of the molecule is C=NC(C=C(NC)C(=O)NC[C@H](O)CN1CCc2ccc(C)cc2C1)=NC1COC1. The van der Waals surface area contributed by atoms with Crippen LogP contribution in [0, 0.1) is 6.92 Å². The Morgan fingerprint density at radius 1 is 1.43 bits per heavy atom. The number of aliphatic hydroxyl groups is 1. The minimum absolute atomic E-state index is 0.0585. The predicted octanol–water partition coefficient (Wildman–Crippen LogP) is 0.431. The Morgan fingerprint density at radius 3 is 2.90 bits per heavy atom. The van der Waals surface area contributed by atoms with Gasteiger partial charge in [-0.2, -0.15) is 0 Å². The summed E-state index contributed by atoms with van der Waals surface area (Å²) in [6.07, 6.45) is 1.87. The fourth-order valence-corrected chi connectivity index (χ4v) is 3.56. The lowest BCUT2D eigenvalue weighted by Crippen LogP contribution is -2.43. The number of amidine groups is 1. The van der Waals surface area contributed by atoms with Gasteiger partial charge in [0.2, 0.25) is 0 Å². The minimum Gasteiger partial charge on any atom is -0.390 e. The van der Waals surface area contributed by atoms with Crippen molar-refractivity contribution in [1.29, 1.82) is 0 Å². The minimum atomic E-state index is -0.656. The van der Waals surface area contributed by atoms with Gasteiger partial charge in [0.1, 0.15) is 11.5 Å². The first-order valence-corrected chi connectivity index (χ1v) is 10.3. The summed E-state index contributed by atoms with van der Waals surface area (Å²) in [4.78, 5) is 23.0. The van der Waals surface area contributed by atoms with Crippen LogP contribution in [0.4, 0.5) is 0 Å². The second kappa shape index (κ2) is 10.5. The number of hydrogen-bond donors (Lipinski definition) is 3. The zero-order chi connectivity index (χ0) is 21.5. The average molecular weight is 414 g/mol. The van der Waals surface area contributed by atoms with Crippen LogP contribution >= 0.6 is 0 Å². The number of likely N-dealkylation sites (N-methyl/N-ethyl adjacent to an activating group) is 1. The van der Waals surface area contributed by atoms with Gasteiger partial charge in [0.15, 0.2) is 0 Å². The van der Waals surface area contributed by atoms with Crippen LogP contribution in [-0.4, -0.2) is 80.5 Å². The number of β-amino-alcohol motifs (C(OH)–C–C–N with tert-alkyl or cyclic N) is 1. The Morgan fingerprint density at radius 2 is 2.23 bits per heavy atom. The van der Waals surface area contributed by atoms with E-state index in [0.29, 0.717) is 31.3 Å². The number of hydrogen-bond acceptors (Lipinski definition) is 6. The Balaban J connectivity index is 1.50. The number of benzene rings is 1. The third kappa shape index (κ3) is 5.98. The molecule has 1 saturated heterocycles. The summed E-state index contributed by atoms with van der Waals surface area (Å²) in [5, 5.41) is 16.1. The summed E-state index contributed by atoms with van der Waals surface area (Å²) in [5.41, 5.74) is 4.26. The molecule has 2 aliphatic heterocycles. The molecule has 0 spiro atoms. The molecule has 0 radical (unpaired) electrons. The molecule has 30 heavy (non-hydrogen) atoms. The summed E-state index contributed by atoms with van der Waals surface area (Å²) >= 11 is 0. The maximum Gasteiger partial charge on any atom is 0.267 e. The number of ether oxygens (including phenoxy) is 1. The van der Waals surface area contributed by atoms with E-state index in [0.717, 1.165) is 19.5 Å². The van der Waals surface area contributed by atoms with E-state index >= 15 is 0 Å². The van der Waals surface area contributed by atoms with Gasteiger partial charge >= 0.3 is 0 Å². The molecule has 3 N–H and O–H groups in total. The van der Waals surface area contributed by atoms with E-state index in [9.17, 15) is 9.90 Å². The Labute approximate surface area is 177 Å². The maximum atomic E-state index is 12.5. The third-order valence-corrected chi connectivity index (χ3v) is 5.30. The highest BCUT2D eigenvalue weighted by molar-refractivity contribution is 6.04. The highest BCUT2D eigenvalue weighted by Gasteiger charge is 2.20. The molecule has 0 aliphatic carbocycles. The molecule has 162 valence electrons. The zero-order valence-corrected chi connectivity index (χ0v) is 17.7. The van der Waals surface area contributed by atoms with Crippen molar-refractivity contribution >= 4 is 18.5 Å². The van der Waals surface area contributed by atoms with Crippen LogP contribution in [0.5, 0.6) is 0 Å². The topological polar surface area (TPSA) is 98.5 Å². The number of aliphatic hydroxyl groups excluding tert-OH is 1. The van der Waals surface area contributed by atoms with Crippen molar-refractivity contribution in [1.82, 2.24) is 15.5 Å². The standard InChI is InChI=1S/C22H31N5O3/c1-15-4-5-16-6-7-27(11-17(16)8-15)12-19(28)10-25-22(29)20(23-2)9-21(24-3)26-18-13-30-14-18/h4-5,8-9,18-19,23,28H,3,6-7,10-14H2,1-2H3,(H,25,29)/t19-/m0/s1. The molecule has 1 fully saturated rings. The molecule has 1 amide bonds. The first kappa shape index (κ1) is 22.1. The van der Waals surface area contributed by atoms with Crippen molar-refractivity contribution in [2.45, 2.75) is 32.0 Å². The predicted molar refractivity (Wildman–Crippen MR) is 118 cm³/mol. The largest absolute Gasteiger partial charge is 0.390 e. The van der Waals surface area contributed by atoms with Crippen LogP contribution in [0.25, 0.3) is 0 Å². The number of aliphatic imine (C=N–C) groups is 2. The third-order valence-electron chi connectivity index (χ3n) is 5.30. The van der Waals surface area contributed by atoms with Crippen LogP contribution in [0.3, 0.4) is 0 Å². The summed E-state index contributed by atoms with van der Waals surface area (Å²) in [6.45, 7) is 9.11. The molecule has 8 nitrogen and oxygen atoms in total. The highest BCUT2D eigenvalue weighted by atomic mass is 16.5. The van der Waals surface area contributed by atoms with E-state index in [1.165, 1.54) is 16.7 Å². The van der Waals surface area contributed by atoms with Gasteiger partial charge in [-0.25, -0.2) is 4.99 Å². The Kier molecular flexibility index (Phi) is 7.73. The molecule has 8 heteroatoms. The van der Waals surface area contributed by atoms with Gasteiger partial charge in [-0.1, -0.05) is 23.8 Å². The van der Waals surface area contributed by atoms with E-state index in [4.69, 9.17) is 4.74 Å². The highest BCUT2D eigenvalue weighted by Crippen LogP contribution is 2.20. The first-order valence-electron chi connectivity index (χ1n) is 10.3.